The van der Waals surface area contributed by atoms with Crippen molar-refractivity contribution >= 4 is 17.8 Å². The Morgan fingerprint density at radius 3 is 2.19 bits per heavy atom. The molecule has 2 aliphatic heterocycles. The molecule has 2 heterocycles. The first-order chi connectivity index (χ1) is 15.3. The van der Waals surface area contributed by atoms with E-state index in [0.717, 1.165) is 42.1 Å². The number of imide groups is 2. The molecule has 1 aromatic carbocycles. The second-order valence-electron chi connectivity index (χ2n) is 7.54. The van der Waals surface area contributed by atoms with E-state index in [2.05, 4.69) is 12.1 Å². The normalized spacial score (nSPS) is 17.0. The summed E-state index contributed by atoms with van der Waals surface area (Å²) in [5.74, 6) is -1.74. The van der Waals surface area contributed by atoms with Gasteiger partial charge in [-0.3, -0.25) is 19.4 Å². The van der Waals surface area contributed by atoms with Crippen molar-refractivity contribution in [2.24, 2.45) is 0 Å². The summed E-state index contributed by atoms with van der Waals surface area (Å²) in [5, 5.41) is 9.98. The number of aliphatic hydroxyl groups excluding tert-OH is 1. The first kappa shape index (κ1) is 24.9. The zero-order valence-electron chi connectivity index (χ0n) is 18.9. The number of allylic oxidation sites excluding steroid dienone is 3. The highest BCUT2D eigenvalue weighted by molar-refractivity contribution is 6.28. The van der Waals surface area contributed by atoms with Crippen LogP contribution in [0.1, 0.15) is 18.4 Å². The minimum absolute atomic E-state index is 0.254. The molecule has 2 saturated heterocycles. The van der Waals surface area contributed by atoms with E-state index in [0.29, 0.717) is 0 Å². The maximum Gasteiger partial charge on any atom is 0.333 e. The van der Waals surface area contributed by atoms with Gasteiger partial charge in [0.2, 0.25) is 0 Å². The standard InChI is InChI=1S/C20H23N3O4.C4H8O/c1-21(13-11-15-8-5-4-6-9-15)12-7-10-16(24)14-17-18(25)22(2)20(27)23(3)19(17)26;1-2-4-5-3-1/h4-10,12,14,24H,11,13H2,1-3H3;1-4H2/b12-7+,16-10-;. The van der Waals surface area contributed by atoms with Crippen LogP contribution in [0.25, 0.3) is 0 Å². The molecule has 0 spiro atoms. The summed E-state index contributed by atoms with van der Waals surface area (Å²) in [6.07, 6.45) is 9.29. The van der Waals surface area contributed by atoms with Gasteiger partial charge in [0.05, 0.1) is 0 Å². The molecule has 0 radical (unpaired) electrons. The Labute approximate surface area is 189 Å². The van der Waals surface area contributed by atoms with Crippen LogP contribution in [0.4, 0.5) is 4.79 Å². The summed E-state index contributed by atoms with van der Waals surface area (Å²) in [4.78, 5) is 39.4. The number of aliphatic hydroxyl groups is 1. The largest absolute Gasteiger partial charge is 0.508 e. The van der Waals surface area contributed by atoms with E-state index in [-0.39, 0.29) is 11.3 Å². The minimum Gasteiger partial charge on any atom is -0.508 e. The van der Waals surface area contributed by atoms with Crippen LogP contribution in [-0.2, 0) is 20.7 Å². The summed E-state index contributed by atoms with van der Waals surface area (Å²) >= 11 is 0. The second-order valence-corrected chi connectivity index (χ2v) is 7.54. The molecule has 2 aliphatic rings. The van der Waals surface area contributed by atoms with Crippen molar-refractivity contribution < 1.29 is 24.2 Å². The number of barbiturate groups is 1. The molecule has 3 rings (SSSR count). The molecule has 8 nitrogen and oxygen atoms in total. The molecule has 0 aromatic heterocycles. The summed E-state index contributed by atoms with van der Waals surface area (Å²) < 4.78 is 4.94. The number of rotatable bonds is 6. The monoisotopic (exact) mass is 441 g/mol. The van der Waals surface area contributed by atoms with E-state index < -0.39 is 17.8 Å². The van der Waals surface area contributed by atoms with E-state index in [1.807, 2.05) is 30.1 Å². The van der Waals surface area contributed by atoms with E-state index in [4.69, 9.17) is 4.74 Å². The minimum atomic E-state index is -0.744. The van der Waals surface area contributed by atoms with E-state index in [1.165, 1.54) is 38.6 Å². The Kier molecular flexibility index (Phi) is 9.69. The van der Waals surface area contributed by atoms with Gasteiger partial charge in [-0.15, -0.1) is 0 Å². The van der Waals surface area contributed by atoms with Gasteiger partial charge in [-0.2, -0.15) is 0 Å². The molecule has 8 heteroatoms. The van der Waals surface area contributed by atoms with Gasteiger partial charge in [0, 0.05) is 40.9 Å². The predicted molar refractivity (Wildman–Crippen MR) is 122 cm³/mol. The van der Waals surface area contributed by atoms with E-state index in [1.54, 1.807) is 12.3 Å². The van der Waals surface area contributed by atoms with E-state index in [9.17, 15) is 19.5 Å². The first-order valence-electron chi connectivity index (χ1n) is 10.5. The van der Waals surface area contributed by atoms with Crippen LogP contribution in [0.2, 0.25) is 0 Å². The van der Waals surface area contributed by atoms with Crippen LogP contribution in [0.3, 0.4) is 0 Å². The fourth-order valence-corrected chi connectivity index (χ4v) is 2.99. The highest BCUT2D eigenvalue weighted by atomic mass is 16.5. The third-order valence-electron chi connectivity index (χ3n) is 4.97. The number of hydrogen-bond acceptors (Lipinski definition) is 6. The maximum absolute atomic E-state index is 12.1. The Balaban J connectivity index is 0.000000636. The fraction of sp³-hybridized carbons (Fsp3) is 0.375. The molecular formula is C24H31N3O5. The Morgan fingerprint density at radius 2 is 1.66 bits per heavy atom. The molecule has 4 amide bonds. The van der Waals surface area contributed by atoms with Gasteiger partial charge < -0.3 is 14.7 Å². The van der Waals surface area contributed by atoms with Gasteiger partial charge in [-0.1, -0.05) is 30.3 Å². The molecule has 0 unspecified atom stereocenters. The van der Waals surface area contributed by atoms with Crippen molar-refractivity contribution in [2.75, 3.05) is 40.9 Å². The van der Waals surface area contributed by atoms with Gasteiger partial charge in [-0.05, 0) is 49.3 Å². The molecule has 1 N–H and O–H groups in total. The van der Waals surface area contributed by atoms with Crippen LogP contribution in [-0.4, -0.2) is 78.6 Å². The van der Waals surface area contributed by atoms with Crippen LogP contribution < -0.4 is 0 Å². The number of amides is 4. The number of nitrogens with zero attached hydrogens (tertiary/aromatic N) is 3. The zero-order chi connectivity index (χ0) is 23.5. The average molecular weight is 442 g/mol. The molecule has 1 aromatic rings. The zero-order valence-corrected chi connectivity index (χ0v) is 18.9. The van der Waals surface area contributed by atoms with Crippen molar-refractivity contribution in [1.29, 1.82) is 0 Å². The summed E-state index contributed by atoms with van der Waals surface area (Å²) in [6, 6.07) is 9.39. The van der Waals surface area contributed by atoms with Crippen molar-refractivity contribution in [3.8, 4) is 0 Å². The highest BCUT2D eigenvalue weighted by Crippen LogP contribution is 2.15. The number of urea groups is 1. The Morgan fingerprint density at radius 1 is 1.06 bits per heavy atom. The predicted octanol–water partition coefficient (Wildman–Crippen LogP) is 2.89. The molecule has 32 heavy (non-hydrogen) atoms. The molecule has 0 bridgehead atoms. The Hall–Kier alpha value is -3.39. The number of benzene rings is 1. The first-order valence-corrected chi connectivity index (χ1v) is 10.5. The molecule has 0 saturated carbocycles. The smallest absolute Gasteiger partial charge is 0.333 e. The average Bonchev–Trinajstić information content (AvgIpc) is 3.39. The number of carbonyl (C=O) groups excluding carboxylic acids is 3. The van der Waals surface area contributed by atoms with Gasteiger partial charge in [0.15, 0.2) is 0 Å². The number of ether oxygens (including phenoxy) is 1. The van der Waals surface area contributed by atoms with Crippen LogP contribution in [0.15, 0.2) is 66.1 Å². The maximum atomic E-state index is 12.1. The topological polar surface area (TPSA) is 90.4 Å². The molecule has 0 atom stereocenters. The van der Waals surface area contributed by atoms with Crippen LogP contribution >= 0.6 is 0 Å². The van der Waals surface area contributed by atoms with Crippen molar-refractivity contribution in [1.82, 2.24) is 14.7 Å². The van der Waals surface area contributed by atoms with Gasteiger partial charge in [-0.25, -0.2) is 4.79 Å². The second kappa shape index (κ2) is 12.5. The van der Waals surface area contributed by atoms with Crippen molar-refractivity contribution in [3.63, 3.8) is 0 Å². The van der Waals surface area contributed by atoms with Gasteiger partial charge in [0.25, 0.3) is 11.8 Å². The van der Waals surface area contributed by atoms with Gasteiger partial charge >= 0.3 is 6.03 Å². The lowest BCUT2D eigenvalue weighted by molar-refractivity contribution is -0.134. The molecular weight excluding hydrogens is 410 g/mol. The number of hydrogen-bond donors (Lipinski definition) is 1. The molecule has 172 valence electrons. The Bertz CT molecular complexity index is 855. The van der Waals surface area contributed by atoms with Crippen LogP contribution in [0, 0.1) is 0 Å². The third kappa shape index (κ3) is 7.39. The molecule has 2 fully saturated rings. The lowest BCUT2D eigenvalue weighted by atomic mass is 10.1. The lowest BCUT2D eigenvalue weighted by Gasteiger charge is -2.28. The van der Waals surface area contributed by atoms with Gasteiger partial charge in [0.1, 0.15) is 11.3 Å². The lowest BCUT2D eigenvalue weighted by Crippen LogP contribution is -2.53. The highest BCUT2D eigenvalue weighted by Gasteiger charge is 2.37. The third-order valence-corrected chi connectivity index (χ3v) is 4.97. The quantitative estimate of drug-likeness (QED) is 0.316. The SMILES string of the molecule is C1CCOC1.CN(/C=C/C=C(\O)C=C1C(=O)N(C)C(=O)N(C)C1=O)CCc1ccccc1. The summed E-state index contributed by atoms with van der Waals surface area (Å²) in [5.41, 5.74) is 0.970. The molecule has 0 aliphatic carbocycles. The summed E-state index contributed by atoms with van der Waals surface area (Å²) in [7, 11) is 4.47. The van der Waals surface area contributed by atoms with Crippen LogP contribution in [0.5, 0.6) is 0 Å². The van der Waals surface area contributed by atoms with Crippen molar-refractivity contribution in [2.45, 2.75) is 19.3 Å². The van der Waals surface area contributed by atoms with E-state index >= 15 is 0 Å². The summed E-state index contributed by atoms with van der Waals surface area (Å²) in [6.45, 7) is 2.80. The number of carbonyl (C=O) groups is 3. The van der Waals surface area contributed by atoms with Crippen molar-refractivity contribution in [3.05, 3.63) is 71.7 Å². The fourth-order valence-electron chi connectivity index (χ4n) is 2.99. The number of likely N-dealkylation sites (N-methyl/N-ethyl adjacent to an activating group) is 3.